The second kappa shape index (κ2) is 9.03. The molecule has 0 aromatic rings. The van der Waals surface area contributed by atoms with Crippen molar-refractivity contribution in [3.8, 4) is 0 Å². The fourth-order valence-corrected chi connectivity index (χ4v) is 3.80. The van der Waals surface area contributed by atoms with E-state index in [1.165, 1.54) is 57.8 Å². The molecule has 0 aromatic carbocycles. The van der Waals surface area contributed by atoms with Gasteiger partial charge in [0.25, 0.3) is 0 Å². The lowest BCUT2D eigenvalue weighted by Gasteiger charge is -2.20. The smallest absolute Gasteiger partial charge is 0.0357 e. The van der Waals surface area contributed by atoms with Crippen molar-refractivity contribution >= 4 is 0 Å². The zero-order chi connectivity index (χ0) is 14.3. The van der Waals surface area contributed by atoms with E-state index in [0.717, 1.165) is 29.6 Å². The average Bonchev–Trinajstić information content (AvgIpc) is 3.10. The Morgan fingerprint density at radius 3 is 2.05 bits per heavy atom. The van der Waals surface area contributed by atoms with E-state index in [1.54, 1.807) is 0 Å². The molecule has 0 bridgehead atoms. The van der Waals surface area contributed by atoms with Crippen LogP contribution < -0.4 is 0 Å². The van der Waals surface area contributed by atoms with Crippen molar-refractivity contribution in [2.45, 2.75) is 92.4 Å². The lowest BCUT2D eigenvalue weighted by molar-refractivity contribution is 0.310. The lowest BCUT2D eigenvalue weighted by Crippen LogP contribution is -2.09. The van der Waals surface area contributed by atoms with E-state index in [1.807, 2.05) is 0 Å². The third-order valence-corrected chi connectivity index (χ3v) is 5.45. The standard InChI is InChI=1S/C19H38/c1-6-8-10-15(3)11-9-12-16(4)13-18(7-2)19-14-17(19)5/h15-19H,6-14H2,1-5H3. The molecule has 0 heterocycles. The zero-order valence-electron chi connectivity index (χ0n) is 14.3. The van der Waals surface area contributed by atoms with E-state index in [0.29, 0.717) is 0 Å². The largest absolute Gasteiger partial charge is 0.0654 e. The van der Waals surface area contributed by atoms with E-state index < -0.39 is 0 Å². The van der Waals surface area contributed by atoms with Gasteiger partial charge in [-0.2, -0.15) is 0 Å². The summed E-state index contributed by atoms with van der Waals surface area (Å²) in [5, 5.41) is 0. The van der Waals surface area contributed by atoms with Gasteiger partial charge in [-0.3, -0.25) is 0 Å². The van der Waals surface area contributed by atoms with Crippen LogP contribution in [0.4, 0.5) is 0 Å². The average molecular weight is 267 g/mol. The van der Waals surface area contributed by atoms with Crippen molar-refractivity contribution in [1.29, 1.82) is 0 Å². The molecule has 0 amide bonds. The number of hydrogen-bond donors (Lipinski definition) is 0. The molecule has 0 N–H and O–H groups in total. The van der Waals surface area contributed by atoms with Crippen molar-refractivity contribution in [3.05, 3.63) is 0 Å². The summed E-state index contributed by atoms with van der Waals surface area (Å²) in [6, 6.07) is 0. The van der Waals surface area contributed by atoms with Gasteiger partial charge in [-0.05, 0) is 42.4 Å². The lowest BCUT2D eigenvalue weighted by atomic mass is 9.86. The Labute approximate surface area is 122 Å². The highest BCUT2D eigenvalue weighted by Gasteiger charge is 2.38. The third-order valence-electron chi connectivity index (χ3n) is 5.45. The summed E-state index contributed by atoms with van der Waals surface area (Å²) in [5.41, 5.74) is 0. The highest BCUT2D eigenvalue weighted by molar-refractivity contribution is 4.88. The van der Waals surface area contributed by atoms with E-state index in [4.69, 9.17) is 0 Å². The molecule has 5 atom stereocenters. The highest BCUT2D eigenvalue weighted by atomic mass is 14.4. The van der Waals surface area contributed by atoms with Crippen LogP contribution in [0.3, 0.4) is 0 Å². The van der Waals surface area contributed by atoms with Gasteiger partial charge in [-0.1, -0.05) is 79.6 Å². The molecular formula is C19H38. The molecule has 1 rings (SSSR count). The first kappa shape index (κ1) is 17.1. The topological polar surface area (TPSA) is 0 Å². The van der Waals surface area contributed by atoms with Crippen LogP contribution in [0.2, 0.25) is 0 Å². The van der Waals surface area contributed by atoms with Gasteiger partial charge in [-0.15, -0.1) is 0 Å². The third kappa shape index (κ3) is 6.82. The van der Waals surface area contributed by atoms with E-state index >= 15 is 0 Å². The molecule has 0 aliphatic heterocycles. The Bertz CT molecular complexity index is 220. The maximum Gasteiger partial charge on any atom is -0.0357 e. The van der Waals surface area contributed by atoms with Gasteiger partial charge in [0.15, 0.2) is 0 Å². The molecule has 19 heavy (non-hydrogen) atoms. The van der Waals surface area contributed by atoms with Crippen LogP contribution in [0.25, 0.3) is 0 Å². The maximum atomic E-state index is 2.49. The van der Waals surface area contributed by atoms with E-state index in [2.05, 4.69) is 34.6 Å². The van der Waals surface area contributed by atoms with Gasteiger partial charge < -0.3 is 0 Å². The first-order valence-electron chi connectivity index (χ1n) is 9.08. The van der Waals surface area contributed by atoms with Crippen molar-refractivity contribution in [3.63, 3.8) is 0 Å². The Balaban J connectivity index is 2.08. The summed E-state index contributed by atoms with van der Waals surface area (Å²) in [4.78, 5) is 0. The first-order chi connectivity index (χ1) is 9.08. The van der Waals surface area contributed by atoms with E-state index in [-0.39, 0.29) is 0 Å². The van der Waals surface area contributed by atoms with E-state index in [9.17, 15) is 0 Å². The zero-order valence-corrected chi connectivity index (χ0v) is 14.3. The van der Waals surface area contributed by atoms with Gasteiger partial charge >= 0.3 is 0 Å². The second-order valence-electron chi connectivity index (χ2n) is 7.56. The summed E-state index contributed by atoms with van der Waals surface area (Å²) < 4.78 is 0. The molecule has 114 valence electrons. The van der Waals surface area contributed by atoms with Crippen LogP contribution in [0, 0.1) is 29.6 Å². The summed E-state index contributed by atoms with van der Waals surface area (Å²) in [7, 11) is 0. The fourth-order valence-electron chi connectivity index (χ4n) is 3.80. The summed E-state index contributed by atoms with van der Waals surface area (Å²) >= 11 is 0. The summed E-state index contributed by atoms with van der Waals surface area (Å²) in [5.74, 6) is 5.05. The first-order valence-corrected chi connectivity index (χ1v) is 9.08. The predicted molar refractivity (Wildman–Crippen MR) is 87.4 cm³/mol. The summed E-state index contributed by atoms with van der Waals surface area (Å²) in [6.45, 7) is 12.1. The molecular weight excluding hydrogens is 228 g/mol. The molecule has 1 aliphatic carbocycles. The van der Waals surface area contributed by atoms with Gasteiger partial charge in [0, 0.05) is 0 Å². The number of hydrogen-bond acceptors (Lipinski definition) is 0. The fraction of sp³-hybridized carbons (Fsp3) is 1.00. The molecule has 0 heteroatoms. The van der Waals surface area contributed by atoms with Crippen molar-refractivity contribution in [1.82, 2.24) is 0 Å². The molecule has 5 unspecified atom stereocenters. The van der Waals surface area contributed by atoms with Crippen molar-refractivity contribution in [2.75, 3.05) is 0 Å². The van der Waals surface area contributed by atoms with Gasteiger partial charge in [0.1, 0.15) is 0 Å². The minimum atomic E-state index is 0.955. The van der Waals surface area contributed by atoms with Crippen LogP contribution in [0.5, 0.6) is 0 Å². The molecule has 0 aromatic heterocycles. The Morgan fingerprint density at radius 2 is 1.53 bits per heavy atom. The van der Waals surface area contributed by atoms with Crippen molar-refractivity contribution in [2.24, 2.45) is 29.6 Å². The number of rotatable bonds is 11. The molecule has 0 radical (unpaired) electrons. The van der Waals surface area contributed by atoms with Crippen LogP contribution in [0.1, 0.15) is 92.4 Å². The van der Waals surface area contributed by atoms with Crippen LogP contribution >= 0.6 is 0 Å². The second-order valence-corrected chi connectivity index (χ2v) is 7.56. The van der Waals surface area contributed by atoms with Gasteiger partial charge in [0.2, 0.25) is 0 Å². The Morgan fingerprint density at radius 1 is 0.947 bits per heavy atom. The Hall–Kier alpha value is 0. The maximum absolute atomic E-state index is 2.49. The minimum absolute atomic E-state index is 0.955. The molecule has 0 nitrogen and oxygen atoms in total. The molecule has 0 spiro atoms. The van der Waals surface area contributed by atoms with Gasteiger partial charge in [0.05, 0.1) is 0 Å². The van der Waals surface area contributed by atoms with Crippen LogP contribution in [-0.2, 0) is 0 Å². The molecule has 0 saturated heterocycles. The molecule has 1 fully saturated rings. The minimum Gasteiger partial charge on any atom is -0.0654 e. The van der Waals surface area contributed by atoms with Crippen molar-refractivity contribution < 1.29 is 0 Å². The number of unbranched alkanes of at least 4 members (excludes halogenated alkanes) is 1. The quantitative estimate of drug-likeness (QED) is 0.391. The van der Waals surface area contributed by atoms with Crippen LogP contribution in [0.15, 0.2) is 0 Å². The van der Waals surface area contributed by atoms with Crippen LogP contribution in [-0.4, -0.2) is 0 Å². The molecule has 1 saturated carbocycles. The predicted octanol–water partition coefficient (Wildman–Crippen LogP) is 6.69. The van der Waals surface area contributed by atoms with Gasteiger partial charge in [-0.25, -0.2) is 0 Å². The normalized spacial score (nSPS) is 27.0. The molecule has 1 aliphatic rings. The Kier molecular flexibility index (Phi) is 8.11. The summed E-state index contributed by atoms with van der Waals surface area (Å²) in [6.07, 6.45) is 13.0. The highest BCUT2D eigenvalue weighted by Crippen LogP contribution is 2.47. The monoisotopic (exact) mass is 266 g/mol. The SMILES string of the molecule is CCCCC(C)CCCC(C)CC(CC)C1CC1C.